The molecule has 1 aromatic carbocycles. The number of nitrogens with zero attached hydrogens (tertiary/aromatic N) is 4. The summed E-state index contributed by atoms with van der Waals surface area (Å²) in [7, 11) is 0. The Balaban J connectivity index is 1.63. The van der Waals surface area contributed by atoms with Crippen molar-refractivity contribution in [2.45, 2.75) is 45.1 Å². The molecule has 3 aromatic rings. The lowest BCUT2D eigenvalue weighted by Crippen LogP contribution is -2.36. The van der Waals surface area contributed by atoms with Crippen LogP contribution in [0.3, 0.4) is 0 Å². The number of carbonyl (C=O) groups excluding carboxylic acids is 1. The molecule has 1 amide bonds. The Hall–Kier alpha value is -2.76. The van der Waals surface area contributed by atoms with Gasteiger partial charge in [-0.15, -0.1) is 5.10 Å². The second-order valence-electron chi connectivity index (χ2n) is 7.27. The van der Waals surface area contributed by atoms with Gasteiger partial charge in [-0.05, 0) is 42.4 Å². The molecule has 1 aliphatic rings. The maximum atomic E-state index is 12.7. The molecule has 0 aliphatic heterocycles. The van der Waals surface area contributed by atoms with Gasteiger partial charge in [0.05, 0.1) is 6.04 Å². The van der Waals surface area contributed by atoms with Crippen molar-refractivity contribution in [1.29, 1.82) is 0 Å². The summed E-state index contributed by atoms with van der Waals surface area (Å²) in [6, 6.07) is 10.2. The zero-order chi connectivity index (χ0) is 17.6. The number of aromatic nitrogens is 4. The summed E-state index contributed by atoms with van der Waals surface area (Å²) in [6.45, 7) is 6.41. The van der Waals surface area contributed by atoms with E-state index in [0.29, 0.717) is 5.78 Å². The molecular formula is C19H21N5O. The lowest BCUT2D eigenvalue weighted by Gasteiger charge is -2.37. The van der Waals surface area contributed by atoms with Crippen LogP contribution in [0.1, 0.15) is 60.2 Å². The summed E-state index contributed by atoms with van der Waals surface area (Å²) in [4.78, 5) is 21.1. The normalized spacial score (nSPS) is 18.8. The van der Waals surface area contributed by atoms with E-state index in [9.17, 15) is 4.79 Å². The highest BCUT2D eigenvalue weighted by Crippen LogP contribution is 2.41. The van der Waals surface area contributed by atoms with Crippen molar-refractivity contribution in [2.75, 3.05) is 0 Å². The molecule has 1 N–H and O–H groups in total. The average molecular weight is 335 g/mol. The summed E-state index contributed by atoms with van der Waals surface area (Å²) in [5.41, 5.74) is 3.50. The molecule has 6 heteroatoms. The Morgan fingerprint density at radius 1 is 1.28 bits per heavy atom. The number of carbonyl (C=O) groups is 1. The molecule has 2 aromatic heterocycles. The van der Waals surface area contributed by atoms with Crippen LogP contribution in [0.2, 0.25) is 0 Å². The van der Waals surface area contributed by atoms with E-state index in [1.165, 1.54) is 11.1 Å². The fourth-order valence-corrected chi connectivity index (χ4v) is 3.59. The quantitative estimate of drug-likeness (QED) is 0.781. The van der Waals surface area contributed by atoms with Gasteiger partial charge >= 0.3 is 0 Å². The summed E-state index contributed by atoms with van der Waals surface area (Å²) in [5.74, 6) is 0.337. The van der Waals surface area contributed by atoms with E-state index in [4.69, 9.17) is 0 Å². The first kappa shape index (κ1) is 15.7. The van der Waals surface area contributed by atoms with Gasteiger partial charge in [-0.2, -0.15) is 4.98 Å². The van der Waals surface area contributed by atoms with Gasteiger partial charge in [-0.1, -0.05) is 38.1 Å². The molecule has 1 atom stereocenters. The van der Waals surface area contributed by atoms with Crippen molar-refractivity contribution in [3.63, 3.8) is 0 Å². The molecule has 6 nitrogen and oxygen atoms in total. The fraction of sp³-hybridized carbons (Fsp3) is 0.368. The monoisotopic (exact) mass is 335 g/mol. The third kappa shape index (κ3) is 2.67. The summed E-state index contributed by atoms with van der Waals surface area (Å²) in [6.07, 6.45) is 3.59. The average Bonchev–Trinajstić information content (AvgIpc) is 3.04. The SMILES string of the molecule is Cc1ccnc2nc(C(=O)NC3CCC(C)(C)c4ccccc43)nn12. The third-order valence-corrected chi connectivity index (χ3v) is 5.06. The van der Waals surface area contributed by atoms with Crippen LogP contribution in [0.4, 0.5) is 0 Å². The molecule has 128 valence electrons. The third-order valence-electron chi connectivity index (χ3n) is 5.06. The van der Waals surface area contributed by atoms with Crippen LogP contribution in [0.15, 0.2) is 36.5 Å². The molecule has 0 bridgehead atoms. The fourth-order valence-electron chi connectivity index (χ4n) is 3.59. The van der Waals surface area contributed by atoms with Gasteiger partial charge in [0.25, 0.3) is 11.7 Å². The highest BCUT2D eigenvalue weighted by molar-refractivity contribution is 5.91. The predicted octanol–water partition coefficient (Wildman–Crippen LogP) is 2.98. The van der Waals surface area contributed by atoms with E-state index in [-0.39, 0.29) is 23.2 Å². The van der Waals surface area contributed by atoms with E-state index in [1.807, 2.05) is 19.1 Å². The van der Waals surface area contributed by atoms with Gasteiger partial charge in [-0.3, -0.25) is 4.79 Å². The number of aryl methyl sites for hydroxylation is 1. The number of hydrogen-bond acceptors (Lipinski definition) is 4. The zero-order valence-corrected chi connectivity index (χ0v) is 14.7. The van der Waals surface area contributed by atoms with Crippen LogP contribution in [-0.2, 0) is 5.41 Å². The van der Waals surface area contributed by atoms with Crippen LogP contribution < -0.4 is 5.32 Å². The molecule has 0 saturated carbocycles. The van der Waals surface area contributed by atoms with Crippen LogP contribution in [-0.4, -0.2) is 25.5 Å². The Morgan fingerprint density at radius 3 is 2.88 bits per heavy atom. The first-order valence-electron chi connectivity index (χ1n) is 8.54. The van der Waals surface area contributed by atoms with Crippen molar-refractivity contribution >= 4 is 11.7 Å². The summed E-state index contributed by atoms with van der Waals surface area (Å²) < 4.78 is 1.59. The van der Waals surface area contributed by atoms with Crippen LogP contribution >= 0.6 is 0 Å². The minimum absolute atomic E-state index is 0.0163. The second-order valence-corrected chi connectivity index (χ2v) is 7.27. The molecule has 2 heterocycles. The number of rotatable bonds is 2. The predicted molar refractivity (Wildman–Crippen MR) is 94.4 cm³/mol. The first-order chi connectivity index (χ1) is 12.0. The van der Waals surface area contributed by atoms with Gasteiger partial charge in [-0.25, -0.2) is 9.50 Å². The Labute approximate surface area is 146 Å². The molecule has 4 rings (SSSR count). The van der Waals surface area contributed by atoms with Gasteiger partial charge in [0, 0.05) is 11.9 Å². The lowest BCUT2D eigenvalue weighted by atomic mass is 9.71. The molecule has 0 radical (unpaired) electrons. The van der Waals surface area contributed by atoms with Crippen molar-refractivity contribution in [1.82, 2.24) is 24.9 Å². The van der Waals surface area contributed by atoms with Crippen LogP contribution in [0.5, 0.6) is 0 Å². The van der Waals surface area contributed by atoms with Gasteiger partial charge in [0.1, 0.15) is 0 Å². The second kappa shape index (κ2) is 5.65. The topological polar surface area (TPSA) is 72.2 Å². The molecule has 0 saturated heterocycles. The van der Waals surface area contributed by atoms with E-state index in [0.717, 1.165) is 18.5 Å². The van der Waals surface area contributed by atoms with E-state index >= 15 is 0 Å². The van der Waals surface area contributed by atoms with E-state index in [2.05, 4.69) is 52.4 Å². The minimum Gasteiger partial charge on any atom is -0.342 e. The van der Waals surface area contributed by atoms with Crippen molar-refractivity contribution < 1.29 is 4.79 Å². The minimum atomic E-state index is -0.260. The maximum Gasteiger partial charge on any atom is 0.291 e. The Morgan fingerprint density at radius 2 is 2.08 bits per heavy atom. The number of hydrogen-bond donors (Lipinski definition) is 1. The number of benzene rings is 1. The van der Waals surface area contributed by atoms with Crippen LogP contribution in [0, 0.1) is 6.92 Å². The number of fused-ring (bicyclic) bond motifs is 2. The molecule has 0 spiro atoms. The van der Waals surface area contributed by atoms with Crippen LogP contribution in [0.25, 0.3) is 5.78 Å². The van der Waals surface area contributed by atoms with E-state index < -0.39 is 0 Å². The molecule has 1 aliphatic carbocycles. The summed E-state index contributed by atoms with van der Waals surface area (Å²) >= 11 is 0. The summed E-state index contributed by atoms with van der Waals surface area (Å²) in [5, 5.41) is 7.40. The highest BCUT2D eigenvalue weighted by Gasteiger charge is 2.33. The molecule has 25 heavy (non-hydrogen) atoms. The molecular weight excluding hydrogens is 314 g/mol. The van der Waals surface area contributed by atoms with Gasteiger partial charge in [0.15, 0.2) is 0 Å². The Bertz CT molecular complexity index is 959. The smallest absolute Gasteiger partial charge is 0.291 e. The maximum absolute atomic E-state index is 12.7. The van der Waals surface area contributed by atoms with Crippen molar-refractivity contribution in [3.05, 3.63) is 59.2 Å². The zero-order valence-electron chi connectivity index (χ0n) is 14.7. The van der Waals surface area contributed by atoms with Gasteiger partial charge in [0.2, 0.25) is 5.82 Å². The lowest BCUT2D eigenvalue weighted by molar-refractivity contribution is 0.0919. The first-order valence-corrected chi connectivity index (χ1v) is 8.54. The number of amides is 1. The molecule has 0 fully saturated rings. The largest absolute Gasteiger partial charge is 0.342 e. The van der Waals surface area contributed by atoms with Gasteiger partial charge < -0.3 is 5.32 Å². The van der Waals surface area contributed by atoms with E-state index in [1.54, 1.807) is 10.7 Å². The number of nitrogens with one attached hydrogen (secondary N) is 1. The Kier molecular flexibility index (Phi) is 3.56. The standard InChI is InChI=1S/C19H21N5O/c1-12-9-11-20-18-22-16(23-24(12)18)17(25)21-15-8-10-19(2,3)14-7-5-4-6-13(14)15/h4-7,9,11,15H,8,10H2,1-3H3,(H,21,25). The molecule has 1 unspecified atom stereocenters. The van der Waals surface area contributed by atoms with Crippen molar-refractivity contribution in [3.8, 4) is 0 Å². The van der Waals surface area contributed by atoms with Crippen molar-refractivity contribution in [2.24, 2.45) is 0 Å². The highest BCUT2D eigenvalue weighted by atomic mass is 16.2.